The molecule has 0 aromatic rings. The van der Waals surface area contributed by atoms with Gasteiger partial charge in [-0.2, -0.15) is 0 Å². The van der Waals surface area contributed by atoms with Gasteiger partial charge in [-0.25, -0.2) is 0 Å². The predicted octanol–water partition coefficient (Wildman–Crippen LogP) is 2.55. The van der Waals surface area contributed by atoms with E-state index in [4.69, 9.17) is 11.9 Å². The SMILES string of the molecule is CCC[CH2][Sn]([CH2]CCC)([O]CC(C)NCCN)[O]C(C)=O. The maximum atomic E-state index is 11.5. The summed E-state index contributed by atoms with van der Waals surface area (Å²) in [6.07, 6.45) is 4.38. The number of carbonyl (C=O) groups excluding carboxylic acids is 1. The standard InChI is InChI=1S/C5H13N2O.2C4H9.C2H4O2.Sn/c1-5(4-8)7-3-2-6;2*1-3-4-2;1-2(3)4;/h5,7H,2-4,6H2,1H3;2*1,3-4H2,2H3;1H3,(H,3,4);/q-1;;;;+2/p-1. The van der Waals surface area contributed by atoms with Crippen molar-refractivity contribution in [1.29, 1.82) is 0 Å². The Bertz CT molecular complexity index is 270. The van der Waals surface area contributed by atoms with Crippen molar-refractivity contribution in [2.75, 3.05) is 19.7 Å². The monoisotopic (exact) mass is 410 g/mol. The van der Waals surface area contributed by atoms with Gasteiger partial charge >= 0.3 is 135 Å². The van der Waals surface area contributed by atoms with Crippen LogP contribution in [0.2, 0.25) is 8.87 Å². The summed E-state index contributed by atoms with van der Waals surface area (Å²) in [6, 6.07) is 0.239. The molecule has 0 aliphatic rings. The van der Waals surface area contributed by atoms with E-state index in [0.29, 0.717) is 13.2 Å². The number of unbranched alkanes of at least 4 members (excludes halogenated alkanes) is 2. The summed E-state index contributed by atoms with van der Waals surface area (Å²) in [6.45, 7) is 9.92. The second-order valence-electron chi connectivity index (χ2n) is 5.67. The normalized spacial score (nSPS) is 13.2. The van der Waals surface area contributed by atoms with Crippen LogP contribution >= 0.6 is 0 Å². The third kappa shape index (κ3) is 10.5. The molecule has 21 heavy (non-hydrogen) atoms. The average molecular weight is 409 g/mol. The molecule has 0 aliphatic heterocycles. The molecule has 1 atom stereocenters. The van der Waals surface area contributed by atoms with Crippen molar-refractivity contribution in [3.8, 4) is 0 Å². The van der Waals surface area contributed by atoms with Gasteiger partial charge in [0.1, 0.15) is 0 Å². The van der Waals surface area contributed by atoms with Crippen LogP contribution in [0.5, 0.6) is 0 Å². The molecule has 5 nitrogen and oxygen atoms in total. The van der Waals surface area contributed by atoms with Gasteiger partial charge < -0.3 is 0 Å². The van der Waals surface area contributed by atoms with Gasteiger partial charge in [0.05, 0.1) is 0 Å². The minimum absolute atomic E-state index is 0.180. The quantitative estimate of drug-likeness (QED) is 0.458. The second kappa shape index (κ2) is 12.7. The minimum atomic E-state index is -3.27. The molecule has 0 aromatic carbocycles. The number of nitrogens with one attached hydrogen (secondary N) is 1. The molecule has 0 saturated carbocycles. The Kier molecular flexibility index (Phi) is 12.8. The van der Waals surface area contributed by atoms with Crippen molar-refractivity contribution >= 4 is 25.2 Å². The fourth-order valence-electron chi connectivity index (χ4n) is 2.22. The number of hydrogen-bond acceptors (Lipinski definition) is 5. The molecule has 3 N–H and O–H groups in total. The number of hydrogen-bond donors (Lipinski definition) is 2. The molecule has 0 amide bonds. The van der Waals surface area contributed by atoms with Gasteiger partial charge in [0.25, 0.3) is 0 Å². The van der Waals surface area contributed by atoms with E-state index in [1.807, 2.05) is 0 Å². The molecule has 0 aromatic heterocycles. The van der Waals surface area contributed by atoms with E-state index in [0.717, 1.165) is 41.1 Å². The Morgan fingerprint density at radius 2 is 1.81 bits per heavy atom. The Balaban J connectivity index is 4.66. The summed E-state index contributed by atoms with van der Waals surface area (Å²) < 4.78 is 14.0. The number of nitrogens with two attached hydrogens (primary N) is 1. The zero-order valence-corrected chi connectivity index (χ0v) is 17.1. The summed E-state index contributed by atoms with van der Waals surface area (Å²) in [5.41, 5.74) is 5.50. The van der Waals surface area contributed by atoms with E-state index in [1.54, 1.807) is 0 Å². The average Bonchev–Trinajstić information content (AvgIpc) is 2.46. The van der Waals surface area contributed by atoms with Gasteiger partial charge in [0.15, 0.2) is 0 Å². The van der Waals surface area contributed by atoms with Crippen LogP contribution in [0.4, 0.5) is 0 Å². The van der Waals surface area contributed by atoms with Gasteiger partial charge in [-0.05, 0) is 0 Å². The first-order valence-corrected chi connectivity index (χ1v) is 14.6. The van der Waals surface area contributed by atoms with Crippen molar-refractivity contribution in [3.05, 3.63) is 0 Å². The van der Waals surface area contributed by atoms with Crippen LogP contribution in [0.3, 0.4) is 0 Å². The Morgan fingerprint density at radius 3 is 2.24 bits per heavy atom. The number of carbonyl (C=O) groups is 1. The third-order valence-electron chi connectivity index (χ3n) is 3.39. The molecule has 0 saturated heterocycles. The molecule has 0 heterocycles. The fourth-order valence-corrected chi connectivity index (χ4v) is 12.7. The topological polar surface area (TPSA) is 73.6 Å². The number of rotatable bonds is 13. The van der Waals surface area contributed by atoms with E-state index < -0.39 is 19.2 Å². The molecule has 0 rings (SSSR count). The molecule has 126 valence electrons. The molecule has 0 spiro atoms. The van der Waals surface area contributed by atoms with Gasteiger partial charge in [-0.15, -0.1) is 0 Å². The molecule has 0 radical (unpaired) electrons. The molecular weight excluding hydrogens is 375 g/mol. The van der Waals surface area contributed by atoms with E-state index in [2.05, 4.69) is 26.1 Å². The molecule has 0 aliphatic carbocycles. The molecule has 0 bridgehead atoms. The zero-order valence-electron chi connectivity index (χ0n) is 14.2. The summed E-state index contributed by atoms with van der Waals surface area (Å²) >= 11 is -3.27. The Morgan fingerprint density at radius 1 is 1.24 bits per heavy atom. The first kappa shape index (κ1) is 21.1. The van der Waals surface area contributed by atoms with Gasteiger partial charge in [-0.1, -0.05) is 0 Å². The Labute approximate surface area is 135 Å². The van der Waals surface area contributed by atoms with Crippen molar-refractivity contribution in [2.45, 2.75) is 68.3 Å². The van der Waals surface area contributed by atoms with Crippen LogP contribution < -0.4 is 11.1 Å². The van der Waals surface area contributed by atoms with Crippen LogP contribution in [0.15, 0.2) is 0 Å². The maximum absolute atomic E-state index is 11.5. The molecule has 1 unspecified atom stereocenters. The molecule has 6 heteroatoms. The summed E-state index contributed by atoms with van der Waals surface area (Å²) in [5.74, 6) is -0.180. The van der Waals surface area contributed by atoms with Crippen LogP contribution in [0, 0.1) is 0 Å². The van der Waals surface area contributed by atoms with Crippen molar-refractivity contribution < 1.29 is 10.9 Å². The van der Waals surface area contributed by atoms with E-state index >= 15 is 0 Å². The Hall–Kier alpha value is 0.149. The van der Waals surface area contributed by atoms with E-state index in [9.17, 15) is 4.79 Å². The van der Waals surface area contributed by atoms with Crippen LogP contribution in [0.25, 0.3) is 0 Å². The molecule has 0 fully saturated rings. The van der Waals surface area contributed by atoms with Crippen molar-refractivity contribution in [2.24, 2.45) is 5.73 Å². The summed E-state index contributed by atoms with van der Waals surface area (Å²) in [7, 11) is 0. The van der Waals surface area contributed by atoms with Crippen LogP contribution in [-0.2, 0) is 10.9 Å². The van der Waals surface area contributed by atoms with Crippen molar-refractivity contribution in [3.63, 3.8) is 0 Å². The fraction of sp³-hybridized carbons (Fsp3) is 0.933. The van der Waals surface area contributed by atoms with Crippen molar-refractivity contribution in [1.82, 2.24) is 5.32 Å². The third-order valence-corrected chi connectivity index (χ3v) is 13.6. The van der Waals surface area contributed by atoms with Gasteiger partial charge in [0, 0.05) is 0 Å². The summed E-state index contributed by atoms with van der Waals surface area (Å²) in [5, 5.41) is 3.31. The second-order valence-corrected chi connectivity index (χ2v) is 15.1. The summed E-state index contributed by atoms with van der Waals surface area (Å²) in [4.78, 5) is 11.5. The van der Waals surface area contributed by atoms with Crippen LogP contribution in [-0.4, -0.2) is 50.9 Å². The first-order valence-electron chi connectivity index (χ1n) is 8.26. The van der Waals surface area contributed by atoms with E-state index in [-0.39, 0.29) is 12.0 Å². The van der Waals surface area contributed by atoms with Gasteiger partial charge in [-0.3, -0.25) is 0 Å². The molecular formula is C15H34N2O3Sn. The first-order chi connectivity index (χ1) is 9.99. The zero-order chi connectivity index (χ0) is 16.1. The van der Waals surface area contributed by atoms with E-state index in [1.165, 1.54) is 6.92 Å². The van der Waals surface area contributed by atoms with Crippen LogP contribution in [0.1, 0.15) is 53.4 Å². The predicted molar refractivity (Wildman–Crippen MR) is 89.4 cm³/mol. The van der Waals surface area contributed by atoms with Gasteiger partial charge in [0.2, 0.25) is 0 Å².